The number of carbonyl (C=O) groups excluding carboxylic acids is 2. The minimum atomic E-state index is -2.24. The van der Waals surface area contributed by atoms with Crippen LogP contribution >= 0.6 is 15.9 Å². The van der Waals surface area contributed by atoms with Crippen LogP contribution in [0.5, 0.6) is 5.75 Å². The second-order valence-corrected chi connectivity index (χ2v) is 6.82. The van der Waals surface area contributed by atoms with E-state index in [0.29, 0.717) is 17.6 Å². The van der Waals surface area contributed by atoms with Crippen LogP contribution in [0.4, 0.5) is 0 Å². The van der Waals surface area contributed by atoms with Gasteiger partial charge in [0.2, 0.25) is 5.60 Å². The minimum absolute atomic E-state index is 0.0723. The maximum absolute atomic E-state index is 12.7. The lowest BCUT2D eigenvalue weighted by Gasteiger charge is -2.34. The van der Waals surface area contributed by atoms with Gasteiger partial charge in [0.15, 0.2) is 6.29 Å². The Morgan fingerprint density at radius 1 is 1.27 bits per heavy atom. The molecule has 0 aromatic heterocycles. The Labute approximate surface area is 159 Å². The second-order valence-electron chi connectivity index (χ2n) is 5.90. The lowest BCUT2D eigenvalue weighted by molar-refractivity contribution is -0.163. The summed E-state index contributed by atoms with van der Waals surface area (Å²) in [5.74, 6) is -0.485. The van der Waals surface area contributed by atoms with Crippen LogP contribution in [0.1, 0.15) is 23.6 Å². The molecule has 1 N–H and O–H groups in total. The van der Waals surface area contributed by atoms with Gasteiger partial charge < -0.3 is 14.6 Å². The first kappa shape index (κ1) is 18.4. The molecule has 0 amide bonds. The van der Waals surface area contributed by atoms with Gasteiger partial charge in [-0.3, -0.25) is 4.79 Å². The van der Waals surface area contributed by atoms with Crippen LogP contribution in [-0.4, -0.2) is 24.0 Å². The van der Waals surface area contributed by atoms with E-state index in [9.17, 15) is 14.7 Å². The average molecular weight is 417 g/mol. The Morgan fingerprint density at radius 2 is 1.96 bits per heavy atom. The number of hydrogen-bond donors (Lipinski definition) is 1. The first-order chi connectivity index (χ1) is 12.4. The summed E-state index contributed by atoms with van der Waals surface area (Å²) in [4.78, 5) is 24.6. The van der Waals surface area contributed by atoms with Gasteiger partial charge >= 0.3 is 5.97 Å². The summed E-state index contributed by atoms with van der Waals surface area (Å²) in [5, 5.41) is 11.3. The molecule has 26 heavy (non-hydrogen) atoms. The number of aliphatic hydroxyl groups is 1. The smallest absolute Gasteiger partial charge is 0.348 e. The van der Waals surface area contributed by atoms with Crippen molar-refractivity contribution in [1.29, 1.82) is 0 Å². The van der Waals surface area contributed by atoms with Crippen molar-refractivity contribution < 1.29 is 24.2 Å². The first-order valence-corrected chi connectivity index (χ1v) is 8.85. The minimum Gasteiger partial charge on any atom is -0.463 e. The van der Waals surface area contributed by atoms with Crippen LogP contribution < -0.4 is 4.74 Å². The molecule has 1 atom stereocenters. The van der Waals surface area contributed by atoms with E-state index in [1.54, 1.807) is 49.4 Å². The molecule has 0 saturated heterocycles. The van der Waals surface area contributed by atoms with Gasteiger partial charge in [-0.15, -0.1) is 0 Å². The predicted molar refractivity (Wildman–Crippen MR) is 99.5 cm³/mol. The fourth-order valence-electron chi connectivity index (χ4n) is 2.90. The van der Waals surface area contributed by atoms with E-state index in [-0.39, 0.29) is 23.5 Å². The van der Waals surface area contributed by atoms with Gasteiger partial charge in [-0.25, -0.2) is 4.79 Å². The molecule has 2 aromatic carbocycles. The molecular formula is C20H17BrO5. The lowest BCUT2D eigenvalue weighted by atomic mass is 9.81. The molecule has 0 spiro atoms. The van der Waals surface area contributed by atoms with Crippen LogP contribution in [0.3, 0.4) is 0 Å². The Morgan fingerprint density at radius 3 is 2.58 bits per heavy atom. The molecule has 2 aromatic rings. The lowest BCUT2D eigenvalue weighted by Crippen LogP contribution is -2.43. The molecule has 0 aliphatic carbocycles. The van der Waals surface area contributed by atoms with Crippen molar-refractivity contribution in [3.63, 3.8) is 0 Å². The van der Waals surface area contributed by atoms with E-state index in [0.717, 1.165) is 10.0 Å². The highest BCUT2D eigenvalue weighted by Crippen LogP contribution is 2.45. The summed E-state index contributed by atoms with van der Waals surface area (Å²) in [5.41, 5.74) is -0.855. The van der Waals surface area contributed by atoms with Crippen LogP contribution in [0, 0.1) is 6.92 Å². The highest BCUT2D eigenvalue weighted by molar-refractivity contribution is 9.10. The molecule has 1 heterocycles. The summed E-state index contributed by atoms with van der Waals surface area (Å²) in [7, 11) is 0. The molecule has 0 unspecified atom stereocenters. The highest BCUT2D eigenvalue weighted by atomic mass is 79.9. The number of aldehydes is 1. The van der Waals surface area contributed by atoms with E-state index in [2.05, 4.69) is 15.9 Å². The van der Waals surface area contributed by atoms with Gasteiger partial charge in [0.05, 0.1) is 12.2 Å². The number of benzene rings is 2. The summed E-state index contributed by atoms with van der Waals surface area (Å²) in [6.45, 7) is 3.53. The molecule has 5 nitrogen and oxygen atoms in total. The molecule has 0 bridgehead atoms. The number of rotatable bonds is 4. The monoisotopic (exact) mass is 416 g/mol. The van der Waals surface area contributed by atoms with Crippen molar-refractivity contribution in [2.45, 2.75) is 19.4 Å². The predicted octanol–water partition coefficient (Wildman–Crippen LogP) is 3.51. The van der Waals surface area contributed by atoms with Crippen molar-refractivity contribution in [3.05, 3.63) is 69.2 Å². The number of aryl methyl sites for hydroxylation is 1. The fraction of sp³-hybridized carbons (Fsp3) is 0.200. The summed E-state index contributed by atoms with van der Waals surface area (Å²) in [6, 6.07) is 12.1. The van der Waals surface area contributed by atoms with Crippen molar-refractivity contribution in [2.75, 3.05) is 6.61 Å². The summed E-state index contributed by atoms with van der Waals surface area (Å²) >= 11 is 3.35. The van der Waals surface area contributed by atoms with Crippen LogP contribution in [-0.2, 0) is 19.9 Å². The molecule has 6 heteroatoms. The van der Waals surface area contributed by atoms with E-state index < -0.39 is 11.6 Å². The number of carbonyl (C=O) groups is 2. The zero-order valence-corrected chi connectivity index (χ0v) is 15.9. The molecule has 3 rings (SSSR count). The molecule has 1 aliphatic heterocycles. The van der Waals surface area contributed by atoms with Crippen LogP contribution in [0.15, 0.2) is 52.5 Å². The maximum atomic E-state index is 12.7. The number of hydrogen-bond acceptors (Lipinski definition) is 5. The van der Waals surface area contributed by atoms with Gasteiger partial charge in [-0.2, -0.15) is 0 Å². The van der Waals surface area contributed by atoms with Crippen LogP contribution in [0.2, 0.25) is 0 Å². The normalized spacial score (nSPS) is 18.8. The molecule has 0 saturated carbocycles. The summed E-state index contributed by atoms with van der Waals surface area (Å²) in [6.07, 6.45) is 0.444. The highest BCUT2D eigenvalue weighted by Gasteiger charge is 2.50. The Kier molecular flexibility index (Phi) is 4.98. The third-order valence-corrected chi connectivity index (χ3v) is 4.70. The number of halogens is 1. The zero-order chi connectivity index (χ0) is 18.9. The molecule has 0 radical (unpaired) electrons. The molecule has 134 valence electrons. The van der Waals surface area contributed by atoms with Crippen molar-refractivity contribution in [2.24, 2.45) is 0 Å². The Bertz CT molecular complexity index is 901. The standard InChI is InChI=1S/C20H17BrO5/c1-3-25-19(23)20(24)15-10-12(2)4-9-17(15)26-18(16(20)11-22)13-5-7-14(21)8-6-13/h4-11,24H,3H2,1-2H3/t20-/m1/s1. The third-order valence-electron chi connectivity index (χ3n) is 4.17. The van der Waals surface area contributed by atoms with Gasteiger partial charge in [0.25, 0.3) is 0 Å². The van der Waals surface area contributed by atoms with Crippen LogP contribution in [0.25, 0.3) is 5.76 Å². The molecular weight excluding hydrogens is 400 g/mol. The molecule has 0 fully saturated rings. The number of esters is 1. The maximum Gasteiger partial charge on any atom is 0.348 e. The largest absolute Gasteiger partial charge is 0.463 e. The molecule has 1 aliphatic rings. The van der Waals surface area contributed by atoms with Gasteiger partial charge in [-0.05, 0) is 38.1 Å². The number of ether oxygens (including phenoxy) is 2. The van der Waals surface area contributed by atoms with E-state index in [4.69, 9.17) is 9.47 Å². The Balaban J connectivity index is 2.29. The van der Waals surface area contributed by atoms with Gasteiger partial charge in [0, 0.05) is 15.6 Å². The quantitative estimate of drug-likeness (QED) is 0.609. The van der Waals surface area contributed by atoms with Crippen molar-refractivity contribution in [1.82, 2.24) is 0 Å². The fourth-order valence-corrected chi connectivity index (χ4v) is 3.16. The first-order valence-electron chi connectivity index (χ1n) is 8.06. The number of fused-ring (bicyclic) bond motifs is 1. The second kappa shape index (κ2) is 7.05. The third kappa shape index (κ3) is 2.95. The van der Waals surface area contributed by atoms with E-state index in [1.807, 2.05) is 6.92 Å². The SMILES string of the molecule is CCOC(=O)[C@]1(O)C(C=O)=C(c2ccc(Br)cc2)Oc2ccc(C)cc21. The van der Waals surface area contributed by atoms with Crippen molar-refractivity contribution in [3.8, 4) is 5.75 Å². The van der Waals surface area contributed by atoms with E-state index in [1.165, 1.54) is 0 Å². The zero-order valence-electron chi connectivity index (χ0n) is 14.3. The average Bonchev–Trinajstić information content (AvgIpc) is 2.63. The van der Waals surface area contributed by atoms with Crippen molar-refractivity contribution >= 4 is 33.9 Å². The Hall–Kier alpha value is -2.44. The van der Waals surface area contributed by atoms with Gasteiger partial charge in [-0.1, -0.05) is 39.7 Å². The van der Waals surface area contributed by atoms with E-state index >= 15 is 0 Å². The summed E-state index contributed by atoms with van der Waals surface area (Å²) < 4.78 is 11.8. The van der Waals surface area contributed by atoms with Gasteiger partial charge in [0.1, 0.15) is 11.5 Å². The topological polar surface area (TPSA) is 72.8 Å².